The summed E-state index contributed by atoms with van der Waals surface area (Å²) in [6, 6.07) is 0. The van der Waals surface area contributed by atoms with Gasteiger partial charge in [0.1, 0.15) is 5.60 Å². The first-order valence-electron chi connectivity index (χ1n) is 10.7. The van der Waals surface area contributed by atoms with Crippen molar-refractivity contribution >= 4 is 12.1 Å². The Morgan fingerprint density at radius 3 is 2.39 bits per heavy atom. The fraction of sp³-hybridized carbons (Fsp3) is 0.900. The van der Waals surface area contributed by atoms with Crippen molar-refractivity contribution in [3.05, 3.63) is 0 Å². The van der Waals surface area contributed by atoms with E-state index in [1.54, 1.807) is 4.90 Å². The highest BCUT2D eigenvalue weighted by atomic mass is 16.6. The number of nitrogens with one attached hydrogen (secondary N) is 2. The third-order valence-electron chi connectivity index (χ3n) is 4.26. The van der Waals surface area contributed by atoms with Crippen LogP contribution in [-0.2, 0) is 9.47 Å². The molecule has 1 heterocycles. The fourth-order valence-corrected chi connectivity index (χ4v) is 2.81. The van der Waals surface area contributed by atoms with Gasteiger partial charge in [0.05, 0.1) is 0 Å². The summed E-state index contributed by atoms with van der Waals surface area (Å²) >= 11 is 0. The summed E-state index contributed by atoms with van der Waals surface area (Å²) in [5.41, 5.74) is -0.441. The number of carbonyl (C=O) groups excluding carboxylic acids is 1. The first kappa shape index (κ1) is 24.5. The van der Waals surface area contributed by atoms with Crippen LogP contribution in [0.4, 0.5) is 4.79 Å². The molecule has 0 radical (unpaired) electrons. The average Bonchev–Trinajstić information content (AvgIpc) is 2.63. The van der Waals surface area contributed by atoms with Crippen molar-refractivity contribution in [3.63, 3.8) is 0 Å². The van der Waals surface area contributed by atoms with E-state index in [0.29, 0.717) is 13.1 Å². The number of rotatable bonds is 10. The Kier molecular flexibility index (Phi) is 11.9. The normalized spacial score (nSPS) is 16.2. The molecule has 28 heavy (non-hydrogen) atoms. The van der Waals surface area contributed by atoms with Crippen LogP contribution in [0.25, 0.3) is 0 Å². The predicted octanol–water partition coefficient (Wildman–Crippen LogP) is 1.91. The lowest BCUT2D eigenvalue weighted by atomic mass is 10.2. The van der Waals surface area contributed by atoms with Crippen LogP contribution in [0.15, 0.2) is 4.99 Å². The molecule has 164 valence electrons. The van der Waals surface area contributed by atoms with E-state index in [2.05, 4.69) is 27.4 Å². The summed E-state index contributed by atoms with van der Waals surface area (Å²) in [4.78, 5) is 20.9. The lowest BCUT2D eigenvalue weighted by Crippen LogP contribution is -2.51. The van der Waals surface area contributed by atoms with Gasteiger partial charge in [-0.3, -0.25) is 9.89 Å². The van der Waals surface area contributed by atoms with Gasteiger partial charge in [0.15, 0.2) is 5.96 Å². The largest absolute Gasteiger partial charge is 0.444 e. The molecule has 1 aliphatic heterocycles. The van der Waals surface area contributed by atoms with Gasteiger partial charge in [-0.25, -0.2) is 4.79 Å². The van der Waals surface area contributed by atoms with E-state index in [0.717, 1.165) is 71.3 Å². The van der Waals surface area contributed by atoms with Crippen LogP contribution in [0.2, 0.25) is 0 Å². The van der Waals surface area contributed by atoms with E-state index in [-0.39, 0.29) is 6.09 Å². The second-order valence-electron chi connectivity index (χ2n) is 7.90. The lowest BCUT2D eigenvalue weighted by Gasteiger charge is -2.35. The predicted molar refractivity (Wildman–Crippen MR) is 114 cm³/mol. The Hall–Kier alpha value is -1.54. The minimum absolute atomic E-state index is 0.212. The Balaban J connectivity index is 2.23. The molecule has 0 aromatic heterocycles. The van der Waals surface area contributed by atoms with Crippen LogP contribution in [0.1, 0.15) is 47.5 Å². The first-order chi connectivity index (χ1) is 13.4. The van der Waals surface area contributed by atoms with Gasteiger partial charge >= 0.3 is 6.09 Å². The zero-order chi connectivity index (χ0) is 20.8. The quantitative estimate of drug-likeness (QED) is 0.332. The van der Waals surface area contributed by atoms with Crippen molar-refractivity contribution in [2.24, 2.45) is 4.99 Å². The Bertz CT molecular complexity index is 457. The molecule has 0 aromatic carbocycles. The van der Waals surface area contributed by atoms with E-state index in [1.165, 1.54) is 0 Å². The van der Waals surface area contributed by atoms with Crippen LogP contribution >= 0.6 is 0 Å². The molecule has 8 heteroatoms. The van der Waals surface area contributed by atoms with Crippen LogP contribution in [-0.4, -0.2) is 93.0 Å². The minimum atomic E-state index is -0.441. The smallest absolute Gasteiger partial charge is 0.410 e. The van der Waals surface area contributed by atoms with Gasteiger partial charge < -0.3 is 25.0 Å². The van der Waals surface area contributed by atoms with Crippen molar-refractivity contribution < 1.29 is 14.3 Å². The molecular formula is C20H41N5O3. The summed E-state index contributed by atoms with van der Waals surface area (Å²) in [6.07, 6.45) is 1.86. The van der Waals surface area contributed by atoms with Gasteiger partial charge in [-0.05, 0) is 47.5 Å². The number of carbonyl (C=O) groups is 1. The number of unbranched alkanes of at least 4 members (excludes halogenated alkanes) is 1. The zero-order valence-electron chi connectivity index (χ0n) is 18.6. The molecule has 0 unspecified atom stereocenters. The lowest BCUT2D eigenvalue weighted by molar-refractivity contribution is 0.0147. The molecule has 1 saturated heterocycles. The molecule has 0 bridgehead atoms. The van der Waals surface area contributed by atoms with Gasteiger partial charge in [0.2, 0.25) is 0 Å². The standard InChI is InChI=1S/C20H41N5O3/c1-6-21-18(22-10-8-9-17-27-7-2)23-11-12-24-13-15-25(16-14-24)19(26)28-20(3,4)5/h6-17H2,1-5H3,(H2,21,22,23). The third kappa shape index (κ3) is 11.3. The number of piperazine rings is 1. The number of aliphatic imine (C=N–C) groups is 1. The number of hydrogen-bond acceptors (Lipinski definition) is 5. The second-order valence-corrected chi connectivity index (χ2v) is 7.90. The second kappa shape index (κ2) is 13.6. The van der Waals surface area contributed by atoms with Crippen LogP contribution < -0.4 is 10.6 Å². The Labute approximate surface area is 171 Å². The molecule has 0 saturated carbocycles. The summed E-state index contributed by atoms with van der Waals surface area (Å²) in [6.45, 7) is 17.9. The molecule has 1 rings (SSSR count). The van der Waals surface area contributed by atoms with Crippen LogP contribution in [0.5, 0.6) is 0 Å². The maximum Gasteiger partial charge on any atom is 0.410 e. The van der Waals surface area contributed by atoms with Crippen molar-refractivity contribution in [1.82, 2.24) is 20.4 Å². The summed E-state index contributed by atoms with van der Waals surface area (Å²) in [5.74, 6) is 0.867. The van der Waals surface area contributed by atoms with Gasteiger partial charge in [-0.1, -0.05) is 0 Å². The molecular weight excluding hydrogens is 358 g/mol. The molecule has 0 spiro atoms. The van der Waals surface area contributed by atoms with Crippen molar-refractivity contribution in [2.45, 2.75) is 53.1 Å². The maximum absolute atomic E-state index is 12.1. The summed E-state index contributed by atoms with van der Waals surface area (Å²) < 4.78 is 10.8. The zero-order valence-corrected chi connectivity index (χ0v) is 18.6. The van der Waals surface area contributed by atoms with Gasteiger partial charge in [0, 0.05) is 65.6 Å². The first-order valence-corrected chi connectivity index (χ1v) is 10.7. The Morgan fingerprint density at radius 1 is 1.07 bits per heavy atom. The van der Waals surface area contributed by atoms with E-state index in [1.807, 2.05) is 27.7 Å². The molecule has 2 N–H and O–H groups in total. The average molecular weight is 400 g/mol. The van der Waals surface area contributed by atoms with Crippen molar-refractivity contribution in [1.29, 1.82) is 0 Å². The van der Waals surface area contributed by atoms with Crippen LogP contribution in [0.3, 0.4) is 0 Å². The molecule has 0 atom stereocenters. The van der Waals surface area contributed by atoms with Crippen LogP contribution in [0, 0.1) is 0 Å². The van der Waals surface area contributed by atoms with Crippen molar-refractivity contribution in [3.8, 4) is 0 Å². The van der Waals surface area contributed by atoms with E-state index in [9.17, 15) is 4.79 Å². The highest BCUT2D eigenvalue weighted by molar-refractivity contribution is 5.79. The molecule has 1 fully saturated rings. The summed E-state index contributed by atoms with van der Waals surface area (Å²) in [5, 5.41) is 6.68. The minimum Gasteiger partial charge on any atom is -0.444 e. The van der Waals surface area contributed by atoms with Gasteiger partial charge in [0.25, 0.3) is 0 Å². The third-order valence-corrected chi connectivity index (χ3v) is 4.26. The van der Waals surface area contributed by atoms with E-state index >= 15 is 0 Å². The highest BCUT2D eigenvalue weighted by Gasteiger charge is 2.25. The SMILES string of the molecule is CCNC(=NCCCCOCC)NCCN1CCN(C(=O)OC(C)(C)C)CC1. The topological polar surface area (TPSA) is 78.4 Å². The van der Waals surface area contributed by atoms with E-state index < -0.39 is 5.60 Å². The maximum atomic E-state index is 12.1. The van der Waals surface area contributed by atoms with E-state index in [4.69, 9.17) is 9.47 Å². The van der Waals surface area contributed by atoms with Gasteiger partial charge in [-0.2, -0.15) is 0 Å². The number of hydrogen-bond donors (Lipinski definition) is 2. The summed E-state index contributed by atoms with van der Waals surface area (Å²) in [7, 11) is 0. The van der Waals surface area contributed by atoms with Crippen molar-refractivity contribution in [2.75, 3.05) is 65.6 Å². The highest BCUT2D eigenvalue weighted by Crippen LogP contribution is 2.11. The molecule has 8 nitrogen and oxygen atoms in total. The number of ether oxygens (including phenoxy) is 2. The Morgan fingerprint density at radius 2 is 1.79 bits per heavy atom. The number of guanidine groups is 1. The van der Waals surface area contributed by atoms with Gasteiger partial charge in [-0.15, -0.1) is 0 Å². The molecule has 1 amide bonds. The fourth-order valence-electron chi connectivity index (χ4n) is 2.81. The molecule has 0 aliphatic carbocycles. The molecule has 0 aromatic rings. The number of nitrogens with zero attached hydrogens (tertiary/aromatic N) is 3. The molecule has 1 aliphatic rings. The number of amides is 1. The monoisotopic (exact) mass is 399 g/mol.